The maximum atomic E-state index is 10.2. The Morgan fingerprint density at radius 1 is 1.08 bits per heavy atom. The largest absolute Gasteiger partial charge is 0.399 e. The van der Waals surface area contributed by atoms with Gasteiger partial charge in [-0.15, -0.1) is 0 Å². The highest BCUT2D eigenvalue weighted by atomic mass is 16.5. The van der Waals surface area contributed by atoms with Crippen molar-refractivity contribution in [2.24, 2.45) is 4.99 Å². The lowest BCUT2D eigenvalue weighted by atomic mass is 10.0. The Hall–Kier alpha value is -3.32. The number of likely N-dealkylation sites (tertiary alicyclic amines) is 1. The first-order valence-electron chi connectivity index (χ1n) is 12.8. The number of ether oxygens (including phenoxy) is 1. The highest BCUT2D eigenvalue weighted by Gasteiger charge is 2.23. The number of nitrogen functional groups attached to an aromatic ring is 1. The van der Waals surface area contributed by atoms with Gasteiger partial charge in [0, 0.05) is 37.2 Å². The molecule has 6 nitrogen and oxygen atoms in total. The van der Waals surface area contributed by atoms with Crippen molar-refractivity contribution in [3.63, 3.8) is 0 Å². The number of anilines is 1. The molecule has 0 amide bonds. The summed E-state index contributed by atoms with van der Waals surface area (Å²) in [6, 6.07) is 21.7. The number of carbonyl (C=O) groups excluding carboxylic acids is 1. The number of hydrogen-bond donors (Lipinski definition) is 2. The first kappa shape index (κ1) is 29.9. The molecule has 0 aromatic heterocycles. The number of aldehydes is 1. The lowest BCUT2D eigenvalue weighted by Crippen LogP contribution is -2.49. The van der Waals surface area contributed by atoms with Crippen LogP contribution >= 0.6 is 0 Å². The van der Waals surface area contributed by atoms with Gasteiger partial charge in [-0.25, -0.2) is 0 Å². The van der Waals surface area contributed by atoms with E-state index in [0.29, 0.717) is 18.1 Å². The standard InChI is InChI=1S/C12H17NO.C11H15NO.C8H9NO/c1-3-10-6-5-7-11(8-9-14)12(10)13-4-2;1-12-7-11(8-12)13-9-10-5-3-2-4-6-10;1-6-4-7(5-10)2-3-8(6)9/h4-7,14H,3,8-9H2,1-2H3;2-6,11H,7-9H2,1H3;2-5H,9H2,1H3. The van der Waals surface area contributed by atoms with Gasteiger partial charge in [0.15, 0.2) is 0 Å². The van der Waals surface area contributed by atoms with E-state index in [4.69, 9.17) is 15.6 Å². The summed E-state index contributed by atoms with van der Waals surface area (Å²) < 4.78 is 5.69. The fraction of sp³-hybridized carbons (Fsp3) is 0.355. The molecule has 0 saturated carbocycles. The Morgan fingerprint density at radius 2 is 1.78 bits per heavy atom. The molecule has 1 aliphatic rings. The normalized spacial score (nSPS) is 13.2. The quantitative estimate of drug-likeness (QED) is 0.244. The second-order valence-corrected chi connectivity index (χ2v) is 9.01. The topological polar surface area (TPSA) is 88.2 Å². The number of aliphatic hydroxyl groups is 1. The van der Waals surface area contributed by atoms with Gasteiger partial charge in [-0.1, -0.05) is 55.5 Å². The van der Waals surface area contributed by atoms with Gasteiger partial charge in [0.05, 0.1) is 18.4 Å². The van der Waals surface area contributed by atoms with Crippen LogP contribution in [0.4, 0.5) is 11.4 Å². The van der Waals surface area contributed by atoms with Crippen molar-refractivity contribution in [2.45, 2.75) is 46.3 Å². The van der Waals surface area contributed by atoms with Gasteiger partial charge in [0.2, 0.25) is 0 Å². The van der Waals surface area contributed by atoms with E-state index in [9.17, 15) is 4.79 Å². The fourth-order valence-electron chi connectivity index (χ4n) is 3.85. The number of aryl methyl sites for hydroxylation is 2. The van der Waals surface area contributed by atoms with E-state index in [1.807, 2.05) is 44.2 Å². The van der Waals surface area contributed by atoms with Crippen LogP contribution in [0, 0.1) is 6.92 Å². The molecular formula is C31H41N3O3. The minimum atomic E-state index is 0.180. The van der Waals surface area contributed by atoms with Crippen LogP contribution in [-0.4, -0.2) is 55.4 Å². The van der Waals surface area contributed by atoms with Gasteiger partial charge in [-0.2, -0.15) is 0 Å². The average molecular weight is 504 g/mol. The maximum Gasteiger partial charge on any atom is 0.150 e. The number of rotatable bonds is 8. The summed E-state index contributed by atoms with van der Waals surface area (Å²) in [6.07, 6.45) is 4.72. The van der Waals surface area contributed by atoms with Gasteiger partial charge in [0.1, 0.15) is 6.29 Å². The van der Waals surface area contributed by atoms with E-state index in [0.717, 1.165) is 54.9 Å². The first-order chi connectivity index (χ1) is 17.9. The number of aliphatic imine (C=N–C) groups is 1. The van der Waals surface area contributed by atoms with E-state index in [2.05, 4.69) is 42.1 Å². The predicted octanol–water partition coefficient (Wildman–Crippen LogP) is 5.41. The van der Waals surface area contributed by atoms with Crippen LogP contribution in [-0.2, 0) is 24.2 Å². The van der Waals surface area contributed by atoms with E-state index >= 15 is 0 Å². The zero-order valence-corrected chi connectivity index (χ0v) is 22.6. The summed E-state index contributed by atoms with van der Waals surface area (Å²) >= 11 is 0. The van der Waals surface area contributed by atoms with E-state index < -0.39 is 0 Å². The SMILES string of the molecule is CC=Nc1c(CC)cccc1CCO.CN1CC(OCc2ccccc2)C1.Cc1cc(C=O)ccc1N. The molecule has 37 heavy (non-hydrogen) atoms. The summed E-state index contributed by atoms with van der Waals surface area (Å²) in [5.41, 5.74) is 12.5. The van der Waals surface area contributed by atoms with Gasteiger partial charge >= 0.3 is 0 Å². The number of para-hydroxylation sites is 1. The average Bonchev–Trinajstić information content (AvgIpc) is 2.90. The number of benzene rings is 3. The molecule has 3 N–H and O–H groups in total. The van der Waals surface area contributed by atoms with Crippen LogP contribution in [0.2, 0.25) is 0 Å². The van der Waals surface area contributed by atoms with Crippen LogP contribution < -0.4 is 5.73 Å². The minimum absolute atomic E-state index is 0.180. The van der Waals surface area contributed by atoms with Crippen LogP contribution in [0.15, 0.2) is 71.7 Å². The van der Waals surface area contributed by atoms with Gasteiger partial charge in [-0.3, -0.25) is 9.79 Å². The Kier molecular flexibility index (Phi) is 13.3. The second-order valence-electron chi connectivity index (χ2n) is 9.01. The number of aliphatic hydroxyl groups excluding tert-OH is 1. The van der Waals surface area contributed by atoms with Crippen molar-refractivity contribution in [3.8, 4) is 0 Å². The first-order valence-corrected chi connectivity index (χ1v) is 12.8. The monoisotopic (exact) mass is 503 g/mol. The zero-order valence-electron chi connectivity index (χ0n) is 22.6. The van der Waals surface area contributed by atoms with Gasteiger partial charge in [-0.05, 0) is 74.2 Å². The fourth-order valence-corrected chi connectivity index (χ4v) is 3.85. The molecule has 1 fully saturated rings. The molecular weight excluding hydrogens is 462 g/mol. The Labute approximate surface area is 221 Å². The molecule has 3 aromatic rings. The maximum absolute atomic E-state index is 10.2. The molecule has 0 unspecified atom stereocenters. The van der Waals surface area contributed by atoms with E-state index in [1.54, 1.807) is 24.4 Å². The smallest absolute Gasteiger partial charge is 0.150 e. The van der Waals surface area contributed by atoms with Gasteiger partial charge < -0.3 is 20.5 Å². The summed E-state index contributed by atoms with van der Waals surface area (Å²) in [5.74, 6) is 0. The van der Waals surface area contributed by atoms with Crippen LogP contribution in [0.25, 0.3) is 0 Å². The third kappa shape index (κ3) is 10.3. The number of nitrogens with two attached hydrogens (primary N) is 1. The molecule has 0 aliphatic carbocycles. The van der Waals surface area contributed by atoms with E-state index in [1.165, 1.54) is 11.1 Å². The molecule has 4 rings (SSSR count). The Balaban J connectivity index is 0.000000198. The lowest BCUT2D eigenvalue weighted by Gasteiger charge is -2.35. The zero-order chi connectivity index (χ0) is 27.0. The van der Waals surface area contributed by atoms with E-state index in [-0.39, 0.29) is 6.61 Å². The van der Waals surface area contributed by atoms with Crippen molar-refractivity contribution in [1.82, 2.24) is 4.90 Å². The highest BCUT2D eigenvalue weighted by Crippen LogP contribution is 2.25. The molecule has 3 aromatic carbocycles. The molecule has 6 heteroatoms. The number of nitrogens with zero attached hydrogens (tertiary/aromatic N) is 2. The Morgan fingerprint density at radius 3 is 2.35 bits per heavy atom. The summed E-state index contributed by atoms with van der Waals surface area (Å²) in [6.45, 7) is 8.99. The van der Waals surface area contributed by atoms with Crippen molar-refractivity contribution in [3.05, 3.63) is 94.5 Å². The van der Waals surface area contributed by atoms with Crippen LogP contribution in [0.3, 0.4) is 0 Å². The lowest BCUT2D eigenvalue weighted by molar-refractivity contribution is -0.0518. The minimum Gasteiger partial charge on any atom is -0.399 e. The molecule has 198 valence electrons. The van der Waals surface area contributed by atoms with Crippen molar-refractivity contribution < 1.29 is 14.6 Å². The molecule has 1 aliphatic heterocycles. The summed E-state index contributed by atoms with van der Waals surface area (Å²) in [5, 5.41) is 8.92. The van der Waals surface area contributed by atoms with Crippen molar-refractivity contribution in [1.29, 1.82) is 0 Å². The van der Waals surface area contributed by atoms with Crippen LogP contribution in [0.5, 0.6) is 0 Å². The summed E-state index contributed by atoms with van der Waals surface area (Å²) in [4.78, 5) is 16.8. The molecule has 0 atom stereocenters. The molecule has 0 radical (unpaired) electrons. The molecule has 1 saturated heterocycles. The third-order valence-corrected chi connectivity index (χ3v) is 6.01. The van der Waals surface area contributed by atoms with Gasteiger partial charge in [0.25, 0.3) is 0 Å². The summed E-state index contributed by atoms with van der Waals surface area (Å²) in [7, 11) is 2.11. The molecule has 0 spiro atoms. The van der Waals surface area contributed by atoms with Crippen molar-refractivity contribution >= 4 is 23.9 Å². The Bertz CT molecular complexity index is 1110. The number of likely N-dealkylation sites (N-methyl/N-ethyl adjacent to an activating group) is 1. The van der Waals surface area contributed by atoms with Crippen molar-refractivity contribution in [2.75, 3.05) is 32.5 Å². The second kappa shape index (κ2) is 16.4. The number of hydrogen-bond acceptors (Lipinski definition) is 6. The predicted molar refractivity (Wildman–Crippen MR) is 154 cm³/mol. The molecule has 1 heterocycles. The molecule has 0 bridgehead atoms. The highest BCUT2D eigenvalue weighted by molar-refractivity contribution is 5.76. The van der Waals surface area contributed by atoms with Crippen LogP contribution in [0.1, 0.15) is 46.5 Å². The number of carbonyl (C=O) groups is 1. The third-order valence-electron chi connectivity index (χ3n) is 6.01.